The number of amides is 1. The largest absolute Gasteiger partial charge is 0.497 e. The number of rotatable bonds is 7. The van der Waals surface area contributed by atoms with Crippen molar-refractivity contribution in [2.24, 2.45) is 0 Å². The van der Waals surface area contributed by atoms with Gasteiger partial charge in [-0.15, -0.1) is 0 Å². The van der Waals surface area contributed by atoms with Crippen LogP contribution in [-0.4, -0.2) is 43.0 Å². The SMILES string of the molecule is COc1ccc(OC)c(C2CCCN2CC(=O)Nc2ccc(Cl)c([N+](=O)[O-])c2)c1. The summed E-state index contributed by atoms with van der Waals surface area (Å²) in [4.78, 5) is 25.1. The zero-order valence-corrected chi connectivity index (χ0v) is 16.9. The monoisotopic (exact) mass is 419 g/mol. The number of hydrogen-bond donors (Lipinski definition) is 1. The van der Waals surface area contributed by atoms with Crippen LogP contribution in [0.5, 0.6) is 11.5 Å². The Kier molecular flexibility index (Phi) is 6.56. The van der Waals surface area contributed by atoms with Crippen LogP contribution in [-0.2, 0) is 4.79 Å². The molecule has 0 aromatic heterocycles. The maximum Gasteiger partial charge on any atom is 0.289 e. The molecule has 1 heterocycles. The van der Waals surface area contributed by atoms with E-state index < -0.39 is 4.92 Å². The van der Waals surface area contributed by atoms with E-state index in [4.69, 9.17) is 21.1 Å². The number of benzene rings is 2. The number of nitrogens with zero attached hydrogens (tertiary/aromatic N) is 2. The maximum absolute atomic E-state index is 12.6. The third kappa shape index (κ3) is 4.78. The molecule has 0 saturated carbocycles. The lowest BCUT2D eigenvalue weighted by Crippen LogP contribution is -2.33. The molecule has 2 aromatic rings. The van der Waals surface area contributed by atoms with Gasteiger partial charge < -0.3 is 14.8 Å². The number of nitro benzene ring substituents is 1. The topological polar surface area (TPSA) is 93.9 Å². The molecule has 1 atom stereocenters. The quantitative estimate of drug-likeness (QED) is 0.537. The van der Waals surface area contributed by atoms with Crippen molar-refractivity contribution >= 4 is 28.9 Å². The minimum atomic E-state index is -0.580. The molecule has 1 saturated heterocycles. The number of likely N-dealkylation sites (tertiary alicyclic amines) is 1. The summed E-state index contributed by atoms with van der Waals surface area (Å²) in [6.45, 7) is 0.917. The molecule has 1 amide bonds. The first-order chi connectivity index (χ1) is 13.9. The summed E-state index contributed by atoms with van der Waals surface area (Å²) in [7, 11) is 3.22. The van der Waals surface area contributed by atoms with Crippen LogP contribution < -0.4 is 14.8 Å². The molecule has 8 nitrogen and oxygen atoms in total. The van der Waals surface area contributed by atoms with Crippen LogP contribution in [0.1, 0.15) is 24.4 Å². The number of halogens is 1. The van der Waals surface area contributed by atoms with E-state index in [1.54, 1.807) is 20.3 Å². The first-order valence-electron chi connectivity index (χ1n) is 9.12. The van der Waals surface area contributed by atoms with Crippen molar-refractivity contribution in [3.05, 3.63) is 57.1 Å². The zero-order valence-electron chi connectivity index (χ0n) is 16.2. The van der Waals surface area contributed by atoms with Crippen LogP contribution in [0.3, 0.4) is 0 Å². The van der Waals surface area contributed by atoms with E-state index in [1.807, 2.05) is 18.2 Å². The van der Waals surface area contributed by atoms with Crippen LogP contribution in [0.15, 0.2) is 36.4 Å². The molecule has 1 aliphatic rings. The zero-order chi connectivity index (χ0) is 21.0. The van der Waals surface area contributed by atoms with Crippen molar-refractivity contribution in [2.45, 2.75) is 18.9 Å². The van der Waals surface area contributed by atoms with Gasteiger partial charge in [-0.05, 0) is 49.7 Å². The number of nitrogens with one attached hydrogen (secondary N) is 1. The molecular formula is C20H22ClN3O5. The fourth-order valence-electron chi connectivity index (χ4n) is 3.58. The van der Waals surface area contributed by atoms with Crippen molar-refractivity contribution in [3.63, 3.8) is 0 Å². The normalized spacial score (nSPS) is 16.4. The summed E-state index contributed by atoms with van der Waals surface area (Å²) >= 11 is 5.82. The van der Waals surface area contributed by atoms with E-state index in [1.165, 1.54) is 12.1 Å². The van der Waals surface area contributed by atoms with Crippen molar-refractivity contribution < 1.29 is 19.2 Å². The van der Waals surface area contributed by atoms with Gasteiger partial charge in [0.05, 0.1) is 25.7 Å². The molecule has 2 aromatic carbocycles. The minimum absolute atomic E-state index is 0.0188. The Morgan fingerprint density at radius 1 is 1.28 bits per heavy atom. The minimum Gasteiger partial charge on any atom is -0.497 e. The van der Waals surface area contributed by atoms with E-state index in [0.717, 1.165) is 36.4 Å². The van der Waals surface area contributed by atoms with Crippen molar-refractivity contribution in [2.75, 3.05) is 32.6 Å². The fraction of sp³-hybridized carbons (Fsp3) is 0.350. The van der Waals surface area contributed by atoms with Crippen molar-refractivity contribution in [1.29, 1.82) is 0 Å². The van der Waals surface area contributed by atoms with E-state index in [0.29, 0.717) is 5.69 Å². The number of hydrogen-bond acceptors (Lipinski definition) is 6. The number of carbonyl (C=O) groups excluding carboxylic acids is 1. The highest BCUT2D eigenvalue weighted by atomic mass is 35.5. The summed E-state index contributed by atoms with van der Waals surface area (Å²) in [5.41, 5.74) is 1.06. The average molecular weight is 420 g/mol. The molecule has 1 fully saturated rings. The van der Waals surface area contributed by atoms with Gasteiger partial charge in [0.2, 0.25) is 5.91 Å². The lowest BCUT2D eigenvalue weighted by Gasteiger charge is -2.26. The van der Waals surface area contributed by atoms with Gasteiger partial charge in [-0.2, -0.15) is 0 Å². The van der Waals surface area contributed by atoms with Gasteiger partial charge in [0.15, 0.2) is 0 Å². The summed E-state index contributed by atoms with van der Waals surface area (Å²) in [5, 5.41) is 13.8. The highest BCUT2D eigenvalue weighted by Gasteiger charge is 2.30. The molecule has 29 heavy (non-hydrogen) atoms. The van der Waals surface area contributed by atoms with Gasteiger partial charge in [-0.25, -0.2) is 0 Å². The molecule has 154 valence electrons. The van der Waals surface area contributed by atoms with Crippen LogP contribution in [0.2, 0.25) is 5.02 Å². The lowest BCUT2D eigenvalue weighted by molar-refractivity contribution is -0.384. The standard InChI is InChI=1S/C20H22ClN3O5/c1-28-14-6-8-19(29-2)15(11-14)17-4-3-9-23(17)12-20(25)22-13-5-7-16(21)18(10-13)24(26)27/h5-8,10-11,17H,3-4,9,12H2,1-2H3,(H,22,25). The highest BCUT2D eigenvalue weighted by molar-refractivity contribution is 6.32. The second kappa shape index (κ2) is 9.11. The van der Waals surface area contributed by atoms with E-state index in [-0.39, 0.29) is 29.2 Å². The third-order valence-electron chi connectivity index (χ3n) is 4.93. The molecule has 0 radical (unpaired) electrons. The lowest BCUT2D eigenvalue weighted by atomic mass is 10.0. The van der Waals surface area contributed by atoms with Gasteiger partial charge in [-0.1, -0.05) is 11.6 Å². The highest BCUT2D eigenvalue weighted by Crippen LogP contribution is 2.38. The Balaban J connectivity index is 1.74. The Bertz CT molecular complexity index is 921. The molecule has 3 rings (SSSR count). The number of methoxy groups -OCH3 is 2. The van der Waals surface area contributed by atoms with Crippen LogP contribution in [0, 0.1) is 10.1 Å². The summed E-state index contributed by atoms with van der Waals surface area (Å²) in [5.74, 6) is 1.22. The summed E-state index contributed by atoms with van der Waals surface area (Å²) in [6.07, 6.45) is 1.84. The second-order valence-corrected chi connectivity index (χ2v) is 7.12. The summed E-state index contributed by atoms with van der Waals surface area (Å²) in [6, 6.07) is 9.84. The average Bonchev–Trinajstić information content (AvgIpc) is 3.16. The van der Waals surface area contributed by atoms with Gasteiger partial charge in [0.25, 0.3) is 5.69 Å². The molecule has 0 bridgehead atoms. The number of nitro groups is 1. The predicted molar refractivity (Wildman–Crippen MR) is 110 cm³/mol. The molecule has 9 heteroatoms. The second-order valence-electron chi connectivity index (χ2n) is 6.71. The molecule has 1 N–H and O–H groups in total. The Morgan fingerprint density at radius 2 is 2.07 bits per heavy atom. The number of carbonyl (C=O) groups is 1. The van der Waals surface area contributed by atoms with E-state index in [9.17, 15) is 14.9 Å². The van der Waals surface area contributed by atoms with E-state index in [2.05, 4.69) is 10.2 Å². The van der Waals surface area contributed by atoms with Gasteiger partial charge in [-0.3, -0.25) is 19.8 Å². The number of ether oxygens (including phenoxy) is 2. The first-order valence-corrected chi connectivity index (χ1v) is 9.50. The van der Waals surface area contributed by atoms with Crippen molar-refractivity contribution in [3.8, 4) is 11.5 Å². The van der Waals surface area contributed by atoms with Crippen LogP contribution in [0.25, 0.3) is 0 Å². The number of anilines is 1. The van der Waals surface area contributed by atoms with Gasteiger partial charge >= 0.3 is 0 Å². The molecule has 0 spiro atoms. The van der Waals surface area contributed by atoms with E-state index >= 15 is 0 Å². The van der Waals surface area contributed by atoms with Gasteiger partial charge in [0, 0.05) is 23.4 Å². The third-order valence-corrected chi connectivity index (χ3v) is 5.25. The fourth-order valence-corrected chi connectivity index (χ4v) is 3.77. The Labute approximate surface area is 173 Å². The Hall–Kier alpha value is -2.84. The van der Waals surface area contributed by atoms with Crippen LogP contribution in [0.4, 0.5) is 11.4 Å². The molecule has 0 aliphatic carbocycles. The van der Waals surface area contributed by atoms with Crippen LogP contribution >= 0.6 is 11.6 Å². The Morgan fingerprint density at radius 3 is 2.76 bits per heavy atom. The summed E-state index contributed by atoms with van der Waals surface area (Å²) < 4.78 is 10.8. The first kappa shape index (κ1) is 20.9. The predicted octanol–water partition coefficient (Wildman–Crippen LogP) is 4.04. The smallest absolute Gasteiger partial charge is 0.289 e. The van der Waals surface area contributed by atoms with Gasteiger partial charge in [0.1, 0.15) is 16.5 Å². The van der Waals surface area contributed by atoms with Crippen molar-refractivity contribution in [1.82, 2.24) is 4.90 Å². The molecular weight excluding hydrogens is 398 g/mol. The molecule has 1 unspecified atom stereocenters. The molecule has 1 aliphatic heterocycles. The maximum atomic E-state index is 12.6.